The molecule has 0 radical (unpaired) electrons. The number of rotatable bonds is 6. The van der Waals surface area contributed by atoms with Gasteiger partial charge in [0.05, 0.1) is 6.21 Å². The number of alkyl halides is 2. The Labute approximate surface area is 158 Å². The summed E-state index contributed by atoms with van der Waals surface area (Å²) in [6.07, 6.45) is 1.92. The first-order chi connectivity index (χ1) is 13.1. The first kappa shape index (κ1) is 17.6. The summed E-state index contributed by atoms with van der Waals surface area (Å²) in [6.45, 7) is 0.264. The second kappa shape index (κ2) is 7.43. The number of halogens is 2. The molecule has 0 atom stereocenters. The van der Waals surface area contributed by atoms with E-state index >= 15 is 0 Å². The summed E-state index contributed by atoms with van der Waals surface area (Å²) in [5.74, 6) is 1.24. The number of hydrogen-bond donors (Lipinski definition) is 1. The second-order valence-electron chi connectivity index (χ2n) is 6.12. The number of ether oxygens (including phenoxy) is 1. The van der Waals surface area contributed by atoms with E-state index in [-0.39, 0.29) is 11.4 Å². The molecule has 1 aromatic carbocycles. The van der Waals surface area contributed by atoms with Crippen molar-refractivity contribution >= 4 is 18.4 Å². The lowest BCUT2D eigenvalue weighted by molar-refractivity contribution is 0.136. The lowest BCUT2D eigenvalue weighted by Crippen LogP contribution is -1.99. The van der Waals surface area contributed by atoms with Crippen LogP contribution in [0.4, 0.5) is 8.78 Å². The van der Waals surface area contributed by atoms with Crippen LogP contribution in [0.5, 0.6) is 5.75 Å². The Hall–Kier alpha value is -2.81. The van der Waals surface area contributed by atoms with Gasteiger partial charge in [-0.1, -0.05) is 6.07 Å². The maximum Gasteiger partial charge on any atom is 0.299 e. The SMILES string of the molecule is FC(F)c1n[nH]c(=S)n1/N=C/c1ccc(COc2ccc3c(c2)CCC3)o1. The largest absolute Gasteiger partial charge is 0.486 e. The average Bonchev–Trinajstić information content (AvgIpc) is 3.37. The predicted octanol–water partition coefficient (Wildman–Crippen LogP) is 4.42. The van der Waals surface area contributed by atoms with Gasteiger partial charge >= 0.3 is 0 Å². The second-order valence-corrected chi connectivity index (χ2v) is 6.51. The number of aromatic nitrogens is 3. The molecule has 0 saturated carbocycles. The van der Waals surface area contributed by atoms with Gasteiger partial charge < -0.3 is 9.15 Å². The van der Waals surface area contributed by atoms with Crippen LogP contribution in [0.25, 0.3) is 0 Å². The highest BCUT2D eigenvalue weighted by Crippen LogP contribution is 2.26. The van der Waals surface area contributed by atoms with Crippen LogP contribution in [0.15, 0.2) is 39.9 Å². The minimum atomic E-state index is -2.79. The van der Waals surface area contributed by atoms with Gasteiger partial charge in [0.25, 0.3) is 6.43 Å². The third-order valence-corrected chi connectivity index (χ3v) is 4.57. The molecule has 0 bridgehead atoms. The summed E-state index contributed by atoms with van der Waals surface area (Å²) in [5.41, 5.74) is 2.73. The van der Waals surface area contributed by atoms with E-state index in [4.69, 9.17) is 21.4 Å². The molecule has 0 unspecified atom stereocenters. The molecule has 0 amide bonds. The maximum atomic E-state index is 12.9. The highest BCUT2D eigenvalue weighted by atomic mass is 32.1. The van der Waals surface area contributed by atoms with E-state index in [2.05, 4.69) is 27.4 Å². The molecule has 140 valence electrons. The zero-order chi connectivity index (χ0) is 18.8. The van der Waals surface area contributed by atoms with Gasteiger partial charge in [-0.2, -0.15) is 14.9 Å². The Kier molecular flexibility index (Phi) is 4.85. The van der Waals surface area contributed by atoms with Gasteiger partial charge in [0.15, 0.2) is 0 Å². The van der Waals surface area contributed by atoms with Gasteiger partial charge in [-0.25, -0.2) is 13.9 Å². The minimum Gasteiger partial charge on any atom is -0.486 e. The number of aryl methyl sites for hydroxylation is 2. The Balaban J connectivity index is 1.42. The van der Waals surface area contributed by atoms with Crippen molar-refractivity contribution in [2.45, 2.75) is 32.3 Å². The molecule has 4 rings (SSSR count). The van der Waals surface area contributed by atoms with E-state index in [0.717, 1.165) is 23.3 Å². The Morgan fingerprint density at radius 1 is 1.30 bits per heavy atom. The molecule has 27 heavy (non-hydrogen) atoms. The smallest absolute Gasteiger partial charge is 0.299 e. The summed E-state index contributed by atoms with van der Waals surface area (Å²) >= 11 is 4.89. The number of aromatic amines is 1. The monoisotopic (exact) mass is 390 g/mol. The Morgan fingerprint density at radius 2 is 2.15 bits per heavy atom. The van der Waals surface area contributed by atoms with Crippen LogP contribution in [0.3, 0.4) is 0 Å². The molecule has 3 aromatic rings. The lowest BCUT2D eigenvalue weighted by Gasteiger charge is -2.06. The number of nitrogens with one attached hydrogen (secondary N) is 1. The highest BCUT2D eigenvalue weighted by Gasteiger charge is 2.16. The zero-order valence-corrected chi connectivity index (χ0v) is 15.0. The average molecular weight is 390 g/mol. The van der Waals surface area contributed by atoms with E-state index in [1.54, 1.807) is 12.1 Å². The third-order valence-electron chi connectivity index (χ3n) is 4.30. The van der Waals surface area contributed by atoms with Crippen molar-refractivity contribution in [3.05, 3.63) is 63.6 Å². The van der Waals surface area contributed by atoms with Gasteiger partial charge in [0.2, 0.25) is 10.6 Å². The number of benzene rings is 1. The zero-order valence-electron chi connectivity index (χ0n) is 14.2. The van der Waals surface area contributed by atoms with Crippen molar-refractivity contribution in [1.29, 1.82) is 0 Å². The van der Waals surface area contributed by atoms with E-state index in [9.17, 15) is 8.78 Å². The molecule has 1 aliphatic carbocycles. The van der Waals surface area contributed by atoms with Crippen molar-refractivity contribution in [1.82, 2.24) is 14.9 Å². The van der Waals surface area contributed by atoms with Gasteiger partial charge in [-0.3, -0.25) is 0 Å². The summed E-state index contributed by atoms with van der Waals surface area (Å²) in [5, 5.41) is 9.65. The number of fused-ring (bicyclic) bond motifs is 1. The summed E-state index contributed by atoms with van der Waals surface area (Å²) in [4.78, 5) is 0. The van der Waals surface area contributed by atoms with Crippen molar-refractivity contribution < 1.29 is 17.9 Å². The number of furan rings is 1. The number of H-pyrrole nitrogens is 1. The van der Waals surface area contributed by atoms with Gasteiger partial charge in [-0.05, 0) is 66.9 Å². The maximum absolute atomic E-state index is 12.9. The first-order valence-corrected chi connectivity index (χ1v) is 8.84. The van der Waals surface area contributed by atoms with E-state index in [0.29, 0.717) is 11.5 Å². The van der Waals surface area contributed by atoms with E-state index < -0.39 is 12.2 Å². The van der Waals surface area contributed by atoms with Crippen LogP contribution in [-0.4, -0.2) is 21.1 Å². The van der Waals surface area contributed by atoms with E-state index in [1.165, 1.54) is 23.8 Å². The van der Waals surface area contributed by atoms with Crippen LogP contribution in [0.2, 0.25) is 0 Å². The molecular weight excluding hydrogens is 374 g/mol. The molecule has 0 saturated heterocycles. The van der Waals surface area contributed by atoms with Crippen LogP contribution >= 0.6 is 12.2 Å². The number of nitrogens with zero attached hydrogens (tertiary/aromatic N) is 3. The van der Waals surface area contributed by atoms with Gasteiger partial charge in [-0.15, -0.1) is 0 Å². The standard InChI is InChI=1S/C18H16F2N4O2S/c19-16(20)17-22-23-18(27)24(17)21-9-14-6-7-15(26-14)10-25-13-5-4-11-2-1-3-12(11)8-13/h4-9,16H,1-3,10H2,(H,23,27)/b21-9+. The van der Waals surface area contributed by atoms with Crippen molar-refractivity contribution in [3.63, 3.8) is 0 Å². The fourth-order valence-electron chi connectivity index (χ4n) is 3.01. The molecule has 0 fully saturated rings. The van der Waals surface area contributed by atoms with Crippen molar-refractivity contribution in [3.8, 4) is 5.75 Å². The quantitative estimate of drug-likeness (QED) is 0.500. The van der Waals surface area contributed by atoms with Crippen LogP contribution in [0.1, 0.15) is 41.3 Å². The molecule has 0 aliphatic heterocycles. The lowest BCUT2D eigenvalue weighted by atomic mass is 10.1. The highest BCUT2D eigenvalue weighted by molar-refractivity contribution is 7.71. The molecular formula is C18H16F2N4O2S. The van der Waals surface area contributed by atoms with E-state index in [1.807, 2.05) is 6.07 Å². The minimum absolute atomic E-state index is 0.0201. The van der Waals surface area contributed by atoms with Crippen molar-refractivity contribution in [2.75, 3.05) is 0 Å². The fraction of sp³-hybridized carbons (Fsp3) is 0.278. The van der Waals surface area contributed by atoms with Crippen LogP contribution in [0, 0.1) is 4.77 Å². The summed E-state index contributed by atoms with van der Waals surface area (Å²) in [6, 6.07) is 9.56. The predicted molar refractivity (Wildman–Crippen MR) is 96.9 cm³/mol. The van der Waals surface area contributed by atoms with Gasteiger partial charge in [0.1, 0.15) is 23.9 Å². The van der Waals surface area contributed by atoms with Crippen molar-refractivity contribution in [2.24, 2.45) is 5.10 Å². The third kappa shape index (κ3) is 3.82. The Morgan fingerprint density at radius 3 is 3.00 bits per heavy atom. The summed E-state index contributed by atoms with van der Waals surface area (Å²) < 4.78 is 37.9. The molecule has 0 spiro atoms. The number of hydrogen-bond acceptors (Lipinski definition) is 5. The molecule has 2 heterocycles. The fourth-order valence-corrected chi connectivity index (χ4v) is 3.19. The Bertz CT molecular complexity index is 1040. The molecule has 1 N–H and O–H groups in total. The molecule has 6 nitrogen and oxygen atoms in total. The van der Waals surface area contributed by atoms with Gasteiger partial charge in [0, 0.05) is 0 Å². The van der Waals surface area contributed by atoms with Crippen LogP contribution < -0.4 is 4.74 Å². The first-order valence-electron chi connectivity index (χ1n) is 8.43. The molecule has 2 aromatic heterocycles. The molecule has 9 heteroatoms. The summed E-state index contributed by atoms with van der Waals surface area (Å²) in [7, 11) is 0. The molecule has 1 aliphatic rings. The normalized spacial score (nSPS) is 13.6. The van der Waals surface area contributed by atoms with Crippen LogP contribution in [-0.2, 0) is 19.4 Å². The topological polar surface area (TPSA) is 68.3 Å².